The van der Waals surface area contributed by atoms with Crippen LogP contribution >= 0.6 is 11.3 Å². The van der Waals surface area contributed by atoms with Crippen molar-refractivity contribution in [1.29, 1.82) is 0 Å². The van der Waals surface area contributed by atoms with E-state index in [1.54, 1.807) is 42.5 Å². The summed E-state index contributed by atoms with van der Waals surface area (Å²) >= 11 is 1.29. The highest BCUT2D eigenvalue weighted by molar-refractivity contribution is 7.22. The van der Waals surface area contributed by atoms with Crippen LogP contribution in [-0.4, -0.2) is 24.0 Å². The molecule has 0 bridgehead atoms. The number of aromatic nitrogens is 1. The summed E-state index contributed by atoms with van der Waals surface area (Å²) in [4.78, 5) is 28.7. The Kier molecular flexibility index (Phi) is 5.22. The molecule has 0 radical (unpaired) electrons. The third-order valence-corrected chi connectivity index (χ3v) is 5.04. The van der Waals surface area contributed by atoms with Crippen LogP contribution in [0.2, 0.25) is 0 Å². The number of carbonyl (C=O) groups is 2. The molecule has 0 aliphatic carbocycles. The van der Waals surface area contributed by atoms with Crippen molar-refractivity contribution in [2.75, 3.05) is 12.4 Å². The lowest BCUT2D eigenvalue weighted by molar-refractivity contribution is 0.0601. The van der Waals surface area contributed by atoms with E-state index in [-0.39, 0.29) is 5.91 Å². The zero-order chi connectivity index (χ0) is 20.2. The van der Waals surface area contributed by atoms with Gasteiger partial charge in [-0.3, -0.25) is 10.1 Å². The molecule has 0 unspecified atom stereocenters. The van der Waals surface area contributed by atoms with Crippen molar-refractivity contribution < 1.29 is 19.1 Å². The van der Waals surface area contributed by atoms with E-state index in [0.29, 0.717) is 33.3 Å². The average molecular weight is 404 g/mol. The van der Waals surface area contributed by atoms with Gasteiger partial charge in [-0.1, -0.05) is 35.6 Å². The van der Waals surface area contributed by atoms with Gasteiger partial charge in [0.1, 0.15) is 11.5 Å². The topological polar surface area (TPSA) is 77.5 Å². The number of anilines is 1. The SMILES string of the molecule is COC(=O)c1ccc2nc(NC(=O)c3cccc(Oc4ccccc4)c3)sc2c1. The second-order valence-corrected chi connectivity index (χ2v) is 7.12. The number of thiazole rings is 1. The first-order valence-electron chi connectivity index (χ1n) is 8.75. The maximum atomic E-state index is 12.6. The van der Waals surface area contributed by atoms with Crippen LogP contribution < -0.4 is 10.1 Å². The van der Waals surface area contributed by atoms with Gasteiger partial charge in [-0.25, -0.2) is 9.78 Å². The first-order chi connectivity index (χ1) is 14.1. The fraction of sp³-hybridized carbons (Fsp3) is 0.0455. The monoisotopic (exact) mass is 404 g/mol. The summed E-state index contributed by atoms with van der Waals surface area (Å²) in [5.74, 6) is 0.547. The molecule has 1 heterocycles. The summed E-state index contributed by atoms with van der Waals surface area (Å²) in [6, 6.07) is 21.3. The molecule has 1 N–H and O–H groups in total. The minimum Gasteiger partial charge on any atom is -0.465 e. The van der Waals surface area contributed by atoms with E-state index in [1.165, 1.54) is 18.4 Å². The molecule has 0 saturated carbocycles. The fourth-order valence-electron chi connectivity index (χ4n) is 2.72. The molecule has 0 fully saturated rings. The van der Waals surface area contributed by atoms with Crippen LogP contribution in [0.5, 0.6) is 11.5 Å². The van der Waals surface area contributed by atoms with Crippen molar-refractivity contribution in [2.45, 2.75) is 0 Å². The van der Waals surface area contributed by atoms with Crippen LogP contribution in [0.25, 0.3) is 10.2 Å². The van der Waals surface area contributed by atoms with Gasteiger partial charge >= 0.3 is 5.97 Å². The summed E-state index contributed by atoms with van der Waals surface area (Å²) < 4.78 is 11.3. The number of methoxy groups -OCH3 is 1. The van der Waals surface area contributed by atoms with E-state index in [0.717, 1.165) is 4.70 Å². The lowest BCUT2D eigenvalue weighted by Crippen LogP contribution is -2.11. The summed E-state index contributed by atoms with van der Waals surface area (Å²) in [5, 5.41) is 3.24. The maximum Gasteiger partial charge on any atom is 0.337 e. The summed E-state index contributed by atoms with van der Waals surface area (Å²) in [5.41, 5.74) is 1.58. The number of amides is 1. The van der Waals surface area contributed by atoms with Gasteiger partial charge in [-0.05, 0) is 48.5 Å². The molecular formula is C22H16N2O4S. The van der Waals surface area contributed by atoms with Crippen LogP contribution in [0.3, 0.4) is 0 Å². The third-order valence-electron chi connectivity index (χ3n) is 4.11. The second-order valence-electron chi connectivity index (χ2n) is 6.09. The molecule has 4 rings (SSSR count). The van der Waals surface area contributed by atoms with E-state index in [2.05, 4.69) is 10.3 Å². The van der Waals surface area contributed by atoms with Gasteiger partial charge < -0.3 is 9.47 Å². The molecule has 7 heteroatoms. The number of esters is 1. The number of ether oxygens (including phenoxy) is 2. The molecule has 29 heavy (non-hydrogen) atoms. The quantitative estimate of drug-likeness (QED) is 0.467. The van der Waals surface area contributed by atoms with Crippen molar-refractivity contribution in [3.05, 3.63) is 83.9 Å². The zero-order valence-electron chi connectivity index (χ0n) is 15.4. The number of nitrogens with zero attached hydrogens (tertiary/aromatic N) is 1. The van der Waals surface area contributed by atoms with E-state index >= 15 is 0 Å². The van der Waals surface area contributed by atoms with Gasteiger partial charge in [0.15, 0.2) is 5.13 Å². The standard InChI is InChI=1S/C22H16N2O4S/c1-27-21(26)15-10-11-18-19(13-15)29-22(23-18)24-20(25)14-6-5-9-17(12-14)28-16-7-3-2-4-8-16/h2-13H,1H3,(H,23,24,25). The van der Waals surface area contributed by atoms with E-state index < -0.39 is 5.97 Å². The van der Waals surface area contributed by atoms with Crippen molar-refractivity contribution >= 4 is 38.6 Å². The summed E-state index contributed by atoms with van der Waals surface area (Å²) in [6.07, 6.45) is 0. The Morgan fingerprint density at radius 3 is 2.48 bits per heavy atom. The van der Waals surface area contributed by atoms with Gasteiger partial charge in [-0.15, -0.1) is 0 Å². The highest BCUT2D eigenvalue weighted by atomic mass is 32.1. The predicted molar refractivity (Wildman–Crippen MR) is 112 cm³/mol. The Balaban J connectivity index is 1.52. The molecule has 1 amide bonds. The van der Waals surface area contributed by atoms with E-state index in [4.69, 9.17) is 9.47 Å². The lowest BCUT2D eigenvalue weighted by Gasteiger charge is -2.07. The van der Waals surface area contributed by atoms with Crippen molar-refractivity contribution in [2.24, 2.45) is 0 Å². The molecule has 144 valence electrons. The second kappa shape index (κ2) is 8.12. The summed E-state index contributed by atoms with van der Waals surface area (Å²) in [7, 11) is 1.33. The van der Waals surface area contributed by atoms with Crippen LogP contribution in [0.1, 0.15) is 20.7 Å². The zero-order valence-corrected chi connectivity index (χ0v) is 16.2. The van der Waals surface area contributed by atoms with Crippen LogP contribution in [0, 0.1) is 0 Å². The molecule has 1 aromatic heterocycles. The normalized spacial score (nSPS) is 10.5. The fourth-order valence-corrected chi connectivity index (χ4v) is 3.62. The largest absolute Gasteiger partial charge is 0.465 e. The Morgan fingerprint density at radius 1 is 0.897 bits per heavy atom. The number of carbonyl (C=O) groups excluding carboxylic acids is 2. The van der Waals surface area contributed by atoms with Gasteiger partial charge in [0.25, 0.3) is 5.91 Å². The van der Waals surface area contributed by atoms with Gasteiger partial charge in [0.2, 0.25) is 0 Å². The van der Waals surface area contributed by atoms with Gasteiger partial charge in [0, 0.05) is 5.56 Å². The Hall–Kier alpha value is -3.71. The number of hydrogen-bond acceptors (Lipinski definition) is 6. The number of benzene rings is 3. The molecule has 0 saturated heterocycles. The van der Waals surface area contributed by atoms with Gasteiger partial charge in [0.05, 0.1) is 22.9 Å². The molecule has 6 nitrogen and oxygen atoms in total. The first-order valence-corrected chi connectivity index (χ1v) is 9.57. The third kappa shape index (κ3) is 4.25. The number of fused-ring (bicyclic) bond motifs is 1. The van der Waals surface area contributed by atoms with Crippen molar-refractivity contribution in [3.63, 3.8) is 0 Å². The smallest absolute Gasteiger partial charge is 0.337 e. The van der Waals surface area contributed by atoms with E-state index in [9.17, 15) is 9.59 Å². The minimum atomic E-state index is -0.416. The average Bonchev–Trinajstić information content (AvgIpc) is 3.15. The molecule has 0 spiro atoms. The van der Waals surface area contributed by atoms with Crippen LogP contribution in [0.4, 0.5) is 5.13 Å². The van der Waals surface area contributed by atoms with Crippen molar-refractivity contribution in [3.8, 4) is 11.5 Å². The number of para-hydroxylation sites is 1. The van der Waals surface area contributed by atoms with Crippen LogP contribution in [-0.2, 0) is 4.74 Å². The molecular weight excluding hydrogens is 388 g/mol. The highest BCUT2D eigenvalue weighted by Gasteiger charge is 2.13. The minimum absolute atomic E-state index is 0.296. The molecule has 0 aliphatic heterocycles. The predicted octanol–water partition coefficient (Wildman–Crippen LogP) is 5.13. The highest BCUT2D eigenvalue weighted by Crippen LogP contribution is 2.28. The van der Waals surface area contributed by atoms with Gasteiger partial charge in [-0.2, -0.15) is 0 Å². The lowest BCUT2D eigenvalue weighted by atomic mass is 10.2. The first kappa shape index (κ1) is 18.6. The maximum absolute atomic E-state index is 12.6. The number of hydrogen-bond donors (Lipinski definition) is 1. The Labute approximate surface area is 170 Å². The molecule has 0 aliphatic rings. The molecule has 0 atom stereocenters. The molecule has 4 aromatic rings. The van der Waals surface area contributed by atoms with Crippen molar-refractivity contribution in [1.82, 2.24) is 4.98 Å². The van der Waals surface area contributed by atoms with E-state index in [1.807, 2.05) is 30.3 Å². The van der Waals surface area contributed by atoms with Crippen LogP contribution in [0.15, 0.2) is 72.8 Å². The molecule has 3 aromatic carbocycles. The number of rotatable bonds is 5. The Morgan fingerprint density at radius 2 is 1.69 bits per heavy atom. The Bertz CT molecular complexity index is 1190. The summed E-state index contributed by atoms with van der Waals surface area (Å²) in [6.45, 7) is 0. The number of nitrogens with one attached hydrogen (secondary N) is 1.